The molecule has 0 aromatic carbocycles. The predicted octanol–water partition coefficient (Wildman–Crippen LogP) is 2.20. The molecule has 0 amide bonds. The molecule has 0 saturated heterocycles. The van der Waals surface area contributed by atoms with Crippen molar-refractivity contribution in [3.05, 3.63) is 23.5 Å². The molecular formula is C11H13NO2. The number of rotatable bonds is 3. The Morgan fingerprint density at radius 2 is 2.07 bits per heavy atom. The highest BCUT2D eigenvalue weighted by atomic mass is 16.1. The number of aromatic amines is 1. The Kier molecular flexibility index (Phi) is 2.48. The number of H-pyrrole nitrogens is 1. The van der Waals surface area contributed by atoms with E-state index in [-0.39, 0.29) is 11.7 Å². The van der Waals surface area contributed by atoms with Gasteiger partial charge in [0.1, 0.15) is 0 Å². The second kappa shape index (κ2) is 3.78. The van der Waals surface area contributed by atoms with E-state index < -0.39 is 0 Å². The van der Waals surface area contributed by atoms with Crippen LogP contribution in [-0.4, -0.2) is 17.1 Å². The van der Waals surface area contributed by atoms with Gasteiger partial charge in [0.2, 0.25) is 0 Å². The van der Waals surface area contributed by atoms with Gasteiger partial charge < -0.3 is 4.98 Å². The van der Waals surface area contributed by atoms with E-state index in [1.54, 1.807) is 12.1 Å². The highest BCUT2D eigenvalue weighted by Crippen LogP contribution is 2.27. The van der Waals surface area contributed by atoms with Crippen molar-refractivity contribution in [1.82, 2.24) is 4.98 Å². The lowest BCUT2D eigenvalue weighted by atomic mass is 10.0. The van der Waals surface area contributed by atoms with Crippen LogP contribution in [0.4, 0.5) is 0 Å². The summed E-state index contributed by atoms with van der Waals surface area (Å²) < 4.78 is 0. The molecule has 1 aromatic heterocycles. The third kappa shape index (κ3) is 1.62. The molecule has 1 fully saturated rings. The molecule has 0 atom stereocenters. The van der Waals surface area contributed by atoms with E-state index >= 15 is 0 Å². The number of aromatic nitrogens is 1. The minimum atomic E-state index is 0.163. The zero-order chi connectivity index (χ0) is 9.97. The van der Waals surface area contributed by atoms with E-state index in [1.165, 1.54) is 0 Å². The van der Waals surface area contributed by atoms with Crippen molar-refractivity contribution in [2.45, 2.75) is 25.7 Å². The average Bonchev–Trinajstić information content (AvgIpc) is 2.88. The quantitative estimate of drug-likeness (QED) is 0.588. The number of nitrogens with one attached hydrogen (secondary N) is 1. The molecular weight excluding hydrogens is 178 g/mol. The maximum absolute atomic E-state index is 11.8. The maximum atomic E-state index is 11.8. The van der Waals surface area contributed by atoms with Crippen molar-refractivity contribution in [3.63, 3.8) is 0 Å². The number of carbonyl (C=O) groups is 2. The van der Waals surface area contributed by atoms with Gasteiger partial charge in [0, 0.05) is 5.92 Å². The van der Waals surface area contributed by atoms with Crippen molar-refractivity contribution >= 4 is 12.1 Å². The first-order chi connectivity index (χ1) is 6.81. The fraction of sp³-hybridized carbons (Fsp3) is 0.455. The third-order valence-electron chi connectivity index (χ3n) is 2.83. The number of hydrogen-bond donors (Lipinski definition) is 1. The van der Waals surface area contributed by atoms with Crippen LogP contribution in [0.25, 0.3) is 0 Å². The third-order valence-corrected chi connectivity index (χ3v) is 2.83. The van der Waals surface area contributed by atoms with Crippen LogP contribution >= 0.6 is 0 Å². The Bertz CT molecular complexity index is 348. The highest BCUT2D eigenvalue weighted by Gasteiger charge is 2.24. The highest BCUT2D eigenvalue weighted by molar-refractivity contribution is 5.97. The van der Waals surface area contributed by atoms with Crippen LogP contribution < -0.4 is 0 Å². The van der Waals surface area contributed by atoms with Crippen LogP contribution in [0.2, 0.25) is 0 Å². The summed E-state index contributed by atoms with van der Waals surface area (Å²) in [5.74, 6) is 0.337. The summed E-state index contributed by atoms with van der Waals surface area (Å²) in [7, 11) is 0. The lowest BCUT2D eigenvalue weighted by molar-refractivity contribution is 0.0918. The monoisotopic (exact) mass is 191 g/mol. The fourth-order valence-corrected chi connectivity index (χ4v) is 2.03. The molecule has 1 saturated carbocycles. The molecule has 0 bridgehead atoms. The van der Waals surface area contributed by atoms with Gasteiger partial charge in [0.05, 0.1) is 11.4 Å². The van der Waals surface area contributed by atoms with Gasteiger partial charge in [-0.3, -0.25) is 9.59 Å². The van der Waals surface area contributed by atoms with Crippen LogP contribution in [0.1, 0.15) is 46.7 Å². The van der Waals surface area contributed by atoms with Gasteiger partial charge >= 0.3 is 0 Å². The van der Waals surface area contributed by atoms with Crippen molar-refractivity contribution in [1.29, 1.82) is 0 Å². The number of Topliss-reactive ketones (excluding diaryl/α,β-unsaturated/α-hetero) is 1. The van der Waals surface area contributed by atoms with Crippen LogP contribution in [0, 0.1) is 5.92 Å². The molecule has 2 rings (SSSR count). The normalized spacial score (nSPS) is 17.1. The van der Waals surface area contributed by atoms with E-state index in [0.29, 0.717) is 11.4 Å². The van der Waals surface area contributed by atoms with Gasteiger partial charge in [-0.25, -0.2) is 0 Å². The molecule has 0 radical (unpaired) electrons. The Morgan fingerprint density at radius 3 is 2.64 bits per heavy atom. The lowest BCUT2D eigenvalue weighted by Crippen LogP contribution is -2.11. The molecule has 1 N–H and O–H groups in total. The molecule has 1 aliphatic rings. The van der Waals surface area contributed by atoms with Gasteiger partial charge in [-0.05, 0) is 25.0 Å². The molecule has 0 spiro atoms. The van der Waals surface area contributed by atoms with Crippen LogP contribution in [-0.2, 0) is 0 Å². The summed E-state index contributed by atoms with van der Waals surface area (Å²) in [5, 5.41) is 0. The first-order valence-electron chi connectivity index (χ1n) is 4.99. The van der Waals surface area contributed by atoms with Gasteiger partial charge in [-0.2, -0.15) is 0 Å². The Hall–Kier alpha value is -1.38. The molecule has 1 aromatic rings. The molecule has 3 heteroatoms. The van der Waals surface area contributed by atoms with Gasteiger partial charge in [0.15, 0.2) is 12.1 Å². The summed E-state index contributed by atoms with van der Waals surface area (Å²) in [5.41, 5.74) is 1.06. The van der Waals surface area contributed by atoms with Crippen molar-refractivity contribution < 1.29 is 9.59 Å². The largest absolute Gasteiger partial charge is 0.350 e. The number of carbonyl (C=O) groups excluding carboxylic acids is 2. The SMILES string of the molecule is O=Cc1ccc(C(=O)C2CCCC2)[nH]1. The van der Waals surface area contributed by atoms with Gasteiger partial charge in [-0.1, -0.05) is 12.8 Å². The lowest BCUT2D eigenvalue weighted by Gasteiger charge is -2.04. The Balaban J connectivity index is 2.13. The van der Waals surface area contributed by atoms with E-state index in [0.717, 1.165) is 32.0 Å². The van der Waals surface area contributed by atoms with Gasteiger partial charge in [0.25, 0.3) is 0 Å². The topological polar surface area (TPSA) is 49.9 Å². The molecule has 3 nitrogen and oxygen atoms in total. The fourth-order valence-electron chi connectivity index (χ4n) is 2.03. The molecule has 0 aliphatic heterocycles. The molecule has 0 unspecified atom stereocenters. The second-order valence-electron chi connectivity index (χ2n) is 3.79. The average molecular weight is 191 g/mol. The van der Waals surface area contributed by atoms with Crippen LogP contribution in [0.3, 0.4) is 0 Å². The van der Waals surface area contributed by atoms with E-state index in [4.69, 9.17) is 0 Å². The molecule has 14 heavy (non-hydrogen) atoms. The zero-order valence-corrected chi connectivity index (χ0v) is 7.95. The zero-order valence-electron chi connectivity index (χ0n) is 7.95. The summed E-state index contributed by atoms with van der Waals surface area (Å²) in [4.78, 5) is 25.1. The summed E-state index contributed by atoms with van der Waals surface area (Å²) in [6.07, 6.45) is 5.02. The standard InChI is InChI=1S/C11H13NO2/c13-7-9-5-6-10(12-9)11(14)8-3-1-2-4-8/h5-8,12H,1-4H2. The molecule has 74 valence electrons. The first-order valence-corrected chi connectivity index (χ1v) is 4.99. The maximum Gasteiger partial charge on any atom is 0.182 e. The first kappa shape index (κ1) is 9.19. The van der Waals surface area contributed by atoms with Gasteiger partial charge in [-0.15, -0.1) is 0 Å². The van der Waals surface area contributed by atoms with Crippen molar-refractivity contribution in [3.8, 4) is 0 Å². The second-order valence-corrected chi connectivity index (χ2v) is 3.79. The van der Waals surface area contributed by atoms with Crippen LogP contribution in [0.15, 0.2) is 12.1 Å². The molecule has 1 aliphatic carbocycles. The van der Waals surface area contributed by atoms with Crippen LogP contribution in [0.5, 0.6) is 0 Å². The van der Waals surface area contributed by atoms with Crippen molar-refractivity contribution in [2.24, 2.45) is 5.92 Å². The Labute approximate surface area is 82.5 Å². The number of hydrogen-bond acceptors (Lipinski definition) is 2. The minimum absolute atomic E-state index is 0.163. The summed E-state index contributed by atoms with van der Waals surface area (Å²) in [6, 6.07) is 3.35. The predicted molar refractivity (Wildman–Crippen MR) is 52.5 cm³/mol. The molecule has 1 heterocycles. The number of ketones is 1. The van der Waals surface area contributed by atoms with E-state index in [2.05, 4.69) is 4.98 Å². The summed E-state index contributed by atoms with van der Waals surface area (Å²) in [6.45, 7) is 0. The van der Waals surface area contributed by atoms with E-state index in [1.807, 2.05) is 0 Å². The van der Waals surface area contributed by atoms with E-state index in [9.17, 15) is 9.59 Å². The van der Waals surface area contributed by atoms with Crippen molar-refractivity contribution in [2.75, 3.05) is 0 Å². The summed E-state index contributed by atoms with van der Waals surface area (Å²) >= 11 is 0. The smallest absolute Gasteiger partial charge is 0.182 e. The Morgan fingerprint density at radius 1 is 1.36 bits per heavy atom. The number of aldehydes is 1. The minimum Gasteiger partial charge on any atom is -0.350 e.